The predicted octanol–water partition coefficient (Wildman–Crippen LogP) is 2.09. The van der Waals surface area contributed by atoms with Crippen molar-refractivity contribution in [1.82, 2.24) is 29.6 Å². The number of aryl methyl sites for hydroxylation is 1. The molecule has 3 aromatic heterocycles. The summed E-state index contributed by atoms with van der Waals surface area (Å²) in [6, 6.07) is 8.83. The lowest BCUT2D eigenvalue weighted by Crippen LogP contribution is -2.25. The second-order valence-electron chi connectivity index (χ2n) is 7.32. The highest BCUT2D eigenvalue weighted by Gasteiger charge is 2.11. The molecule has 1 amide bonds. The third-order valence-corrected chi connectivity index (χ3v) is 5.17. The first-order valence-electron chi connectivity index (χ1n) is 10.4. The maximum Gasteiger partial charge on any atom is 0.261 e. The average molecular weight is 448 g/mol. The third kappa shape index (κ3) is 5.00. The molecule has 33 heavy (non-hydrogen) atoms. The van der Waals surface area contributed by atoms with Crippen LogP contribution in [0.4, 0.5) is 0 Å². The van der Waals surface area contributed by atoms with Crippen molar-refractivity contribution >= 4 is 16.8 Å². The van der Waals surface area contributed by atoms with E-state index in [2.05, 4.69) is 20.4 Å². The van der Waals surface area contributed by atoms with E-state index in [0.717, 1.165) is 5.56 Å². The molecule has 10 heteroatoms. The molecule has 0 radical (unpaired) electrons. The zero-order valence-corrected chi connectivity index (χ0v) is 18.4. The van der Waals surface area contributed by atoms with Gasteiger partial charge in [0.1, 0.15) is 0 Å². The van der Waals surface area contributed by atoms with Crippen molar-refractivity contribution in [2.45, 2.75) is 25.9 Å². The van der Waals surface area contributed by atoms with E-state index >= 15 is 0 Å². The van der Waals surface area contributed by atoms with Crippen LogP contribution >= 0.6 is 0 Å². The molecule has 1 aromatic carbocycles. The van der Waals surface area contributed by atoms with E-state index in [9.17, 15) is 9.59 Å². The summed E-state index contributed by atoms with van der Waals surface area (Å²) in [4.78, 5) is 33.7. The molecule has 0 fully saturated rings. The van der Waals surface area contributed by atoms with Crippen LogP contribution in [0.3, 0.4) is 0 Å². The van der Waals surface area contributed by atoms with Gasteiger partial charge in [-0.1, -0.05) is 0 Å². The van der Waals surface area contributed by atoms with Crippen LogP contribution < -0.4 is 20.3 Å². The van der Waals surface area contributed by atoms with Crippen molar-refractivity contribution in [1.29, 1.82) is 0 Å². The SMILES string of the molecule is COc1cc2ncn(CCCC(=O)NCc3ccnc(-n4cccn4)c3)c(=O)c2cc1OC. The number of hydrogen-bond donors (Lipinski definition) is 1. The molecule has 0 atom stereocenters. The smallest absolute Gasteiger partial charge is 0.261 e. The first kappa shape index (κ1) is 22.0. The van der Waals surface area contributed by atoms with Crippen LogP contribution in [0.15, 0.2) is 60.0 Å². The van der Waals surface area contributed by atoms with Gasteiger partial charge < -0.3 is 14.8 Å². The standard InChI is InChI=1S/C23H24N6O4/c1-32-19-12-17-18(13-20(19)33-2)26-15-28(23(17)31)9-3-5-22(30)25-14-16-6-8-24-21(11-16)29-10-4-7-27-29/h4,6-8,10-13,15H,3,5,9,14H2,1-2H3,(H,25,30). The Morgan fingerprint density at radius 3 is 2.67 bits per heavy atom. The van der Waals surface area contributed by atoms with Crippen molar-refractivity contribution in [3.63, 3.8) is 0 Å². The number of carbonyl (C=O) groups is 1. The monoisotopic (exact) mass is 448 g/mol. The molecule has 0 spiro atoms. The van der Waals surface area contributed by atoms with Crippen molar-refractivity contribution in [2.24, 2.45) is 0 Å². The predicted molar refractivity (Wildman–Crippen MR) is 122 cm³/mol. The quantitative estimate of drug-likeness (QED) is 0.417. The second kappa shape index (κ2) is 9.94. The van der Waals surface area contributed by atoms with Gasteiger partial charge in [-0.05, 0) is 36.2 Å². The fourth-order valence-electron chi connectivity index (χ4n) is 3.44. The zero-order valence-electron chi connectivity index (χ0n) is 18.4. The highest BCUT2D eigenvalue weighted by molar-refractivity contribution is 5.81. The van der Waals surface area contributed by atoms with Crippen LogP contribution in [0.5, 0.6) is 11.5 Å². The van der Waals surface area contributed by atoms with Gasteiger partial charge in [-0.15, -0.1) is 0 Å². The molecule has 0 bridgehead atoms. The number of hydrogen-bond acceptors (Lipinski definition) is 7. The number of aromatic nitrogens is 5. The normalized spacial score (nSPS) is 10.8. The van der Waals surface area contributed by atoms with Crippen LogP contribution in [0.2, 0.25) is 0 Å². The summed E-state index contributed by atoms with van der Waals surface area (Å²) in [5.41, 5.74) is 1.26. The van der Waals surface area contributed by atoms with E-state index in [1.165, 1.54) is 25.1 Å². The van der Waals surface area contributed by atoms with Gasteiger partial charge in [0.05, 0.1) is 31.4 Å². The van der Waals surface area contributed by atoms with E-state index in [4.69, 9.17) is 9.47 Å². The molecule has 0 saturated carbocycles. The average Bonchev–Trinajstić information content (AvgIpc) is 3.39. The van der Waals surface area contributed by atoms with E-state index in [0.29, 0.717) is 47.7 Å². The Kier molecular flexibility index (Phi) is 6.63. The summed E-state index contributed by atoms with van der Waals surface area (Å²) < 4.78 is 13.7. The number of amides is 1. The number of pyridine rings is 1. The molecule has 0 aliphatic rings. The van der Waals surface area contributed by atoms with E-state index in [-0.39, 0.29) is 17.9 Å². The van der Waals surface area contributed by atoms with Crippen molar-refractivity contribution in [3.8, 4) is 17.3 Å². The number of fused-ring (bicyclic) bond motifs is 1. The van der Waals surface area contributed by atoms with Crippen LogP contribution in [0.1, 0.15) is 18.4 Å². The van der Waals surface area contributed by atoms with Gasteiger partial charge in [0.15, 0.2) is 17.3 Å². The Morgan fingerprint density at radius 2 is 1.91 bits per heavy atom. The minimum atomic E-state index is -0.190. The summed E-state index contributed by atoms with van der Waals surface area (Å²) in [6.45, 7) is 0.761. The fourth-order valence-corrected chi connectivity index (χ4v) is 3.44. The number of benzene rings is 1. The zero-order chi connectivity index (χ0) is 23.2. The van der Waals surface area contributed by atoms with Crippen LogP contribution in [0.25, 0.3) is 16.7 Å². The van der Waals surface area contributed by atoms with E-state index in [1.807, 2.05) is 18.2 Å². The maximum absolute atomic E-state index is 12.8. The Labute approximate surface area is 189 Å². The first-order valence-corrected chi connectivity index (χ1v) is 10.4. The van der Waals surface area contributed by atoms with Gasteiger partial charge in [-0.3, -0.25) is 14.2 Å². The molecule has 1 N–H and O–H groups in total. The van der Waals surface area contributed by atoms with Gasteiger partial charge in [0, 0.05) is 44.2 Å². The second-order valence-corrected chi connectivity index (χ2v) is 7.32. The maximum atomic E-state index is 12.8. The van der Waals surface area contributed by atoms with Crippen molar-refractivity contribution in [2.75, 3.05) is 14.2 Å². The highest BCUT2D eigenvalue weighted by atomic mass is 16.5. The summed E-state index contributed by atoms with van der Waals surface area (Å²) in [5.74, 6) is 1.56. The molecular formula is C23H24N6O4. The van der Waals surface area contributed by atoms with E-state index < -0.39 is 0 Å². The number of methoxy groups -OCH3 is 2. The number of carbonyl (C=O) groups excluding carboxylic acids is 1. The van der Waals surface area contributed by atoms with E-state index in [1.54, 1.807) is 35.4 Å². The topological polar surface area (TPSA) is 113 Å². The number of nitrogens with zero attached hydrogens (tertiary/aromatic N) is 5. The van der Waals surface area contributed by atoms with Gasteiger partial charge in [0.2, 0.25) is 5.91 Å². The largest absolute Gasteiger partial charge is 0.493 e. The number of nitrogens with one attached hydrogen (secondary N) is 1. The number of ether oxygens (including phenoxy) is 2. The molecule has 0 saturated heterocycles. The van der Waals surface area contributed by atoms with Crippen molar-refractivity contribution in [3.05, 3.63) is 71.2 Å². The molecule has 170 valence electrons. The summed E-state index contributed by atoms with van der Waals surface area (Å²) in [6.07, 6.45) is 7.44. The Balaban J connectivity index is 1.34. The van der Waals surface area contributed by atoms with Gasteiger partial charge in [-0.2, -0.15) is 5.10 Å². The van der Waals surface area contributed by atoms with Crippen molar-refractivity contribution < 1.29 is 14.3 Å². The number of rotatable bonds is 9. The van der Waals surface area contributed by atoms with Crippen LogP contribution in [-0.4, -0.2) is 44.4 Å². The van der Waals surface area contributed by atoms with Gasteiger partial charge >= 0.3 is 0 Å². The lowest BCUT2D eigenvalue weighted by molar-refractivity contribution is -0.121. The first-order chi connectivity index (χ1) is 16.1. The third-order valence-electron chi connectivity index (χ3n) is 5.17. The van der Waals surface area contributed by atoms with Crippen LogP contribution in [0, 0.1) is 0 Å². The molecule has 0 aliphatic heterocycles. The molecule has 0 unspecified atom stereocenters. The Bertz CT molecular complexity index is 1320. The highest BCUT2D eigenvalue weighted by Crippen LogP contribution is 2.29. The summed E-state index contributed by atoms with van der Waals surface area (Å²) >= 11 is 0. The molecule has 3 heterocycles. The Hall–Kier alpha value is -4.21. The van der Waals surface area contributed by atoms with Crippen LogP contribution in [-0.2, 0) is 17.9 Å². The minimum absolute atomic E-state index is 0.0966. The summed E-state index contributed by atoms with van der Waals surface area (Å²) in [7, 11) is 3.05. The minimum Gasteiger partial charge on any atom is -0.493 e. The molecular weight excluding hydrogens is 424 g/mol. The lowest BCUT2D eigenvalue weighted by atomic mass is 10.2. The van der Waals surface area contributed by atoms with Gasteiger partial charge in [-0.25, -0.2) is 14.6 Å². The lowest BCUT2D eigenvalue weighted by Gasteiger charge is -2.11. The molecule has 4 aromatic rings. The fraction of sp³-hybridized carbons (Fsp3) is 0.261. The van der Waals surface area contributed by atoms with Gasteiger partial charge in [0.25, 0.3) is 5.56 Å². The molecule has 10 nitrogen and oxygen atoms in total. The Morgan fingerprint density at radius 1 is 1.09 bits per heavy atom. The molecule has 4 rings (SSSR count). The molecule has 0 aliphatic carbocycles. The summed E-state index contributed by atoms with van der Waals surface area (Å²) in [5, 5.41) is 7.49.